The van der Waals surface area contributed by atoms with Gasteiger partial charge in [-0.1, -0.05) is 68.8 Å². The quantitative estimate of drug-likeness (QED) is 0.628. The monoisotopic (exact) mass is 416 g/mol. The maximum absolute atomic E-state index is 13.0. The summed E-state index contributed by atoms with van der Waals surface area (Å²) >= 11 is 5.98. The Morgan fingerprint density at radius 3 is 2.45 bits per heavy atom. The van der Waals surface area contributed by atoms with Crippen molar-refractivity contribution in [3.8, 4) is 5.75 Å². The standard InChI is InChI=1S/C23H29ClN2O3/c1-4-21(23(28)25-14-17(2)3)26(15-18-9-6-5-7-10-18)22(27)16-29-20-12-8-11-19(24)13-20/h5-13,17,21H,4,14-16H2,1-3H3,(H,25,28)/t21-/m1/s1. The van der Waals surface area contributed by atoms with Gasteiger partial charge in [-0.2, -0.15) is 0 Å². The highest BCUT2D eigenvalue weighted by Crippen LogP contribution is 2.18. The molecule has 29 heavy (non-hydrogen) atoms. The highest BCUT2D eigenvalue weighted by molar-refractivity contribution is 6.30. The Kier molecular flexibility index (Phi) is 9.00. The molecule has 2 rings (SSSR count). The van der Waals surface area contributed by atoms with Crippen LogP contribution in [-0.2, 0) is 16.1 Å². The summed E-state index contributed by atoms with van der Waals surface area (Å²) in [5.74, 6) is 0.456. The molecule has 2 amide bonds. The van der Waals surface area contributed by atoms with Gasteiger partial charge in [-0.3, -0.25) is 9.59 Å². The number of ether oxygens (including phenoxy) is 1. The molecule has 0 heterocycles. The van der Waals surface area contributed by atoms with Gasteiger partial charge in [0.15, 0.2) is 6.61 Å². The van der Waals surface area contributed by atoms with Crippen LogP contribution < -0.4 is 10.1 Å². The molecule has 2 aromatic carbocycles. The van der Waals surface area contributed by atoms with Gasteiger partial charge in [-0.05, 0) is 36.1 Å². The van der Waals surface area contributed by atoms with Gasteiger partial charge in [0.25, 0.3) is 5.91 Å². The highest BCUT2D eigenvalue weighted by atomic mass is 35.5. The lowest BCUT2D eigenvalue weighted by molar-refractivity contribution is -0.143. The first-order valence-electron chi connectivity index (χ1n) is 9.90. The average molecular weight is 417 g/mol. The van der Waals surface area contributed by atoms with Gasteiger partial charge in [0, 0.05) is 18.1 Å². The number of amides is 2. The van der Waals surface area contributed by atoms with E-state index in [9.17, 15) is 9.59 Å². The van der Waals surface area contributed by atoms with Crippen LogP contribution in [0.4, 0.5) is 0 Å². The molecule has 2 aromatic rings. The van der Waals surface area contributed by atoms with Gasteiger partial charge in [-0.25, -0.2) is 0 Å². The minimum Gasteiger partial charge on any atom is -0.484 e. The first kappa shape index (κ1) is 22.8. The van der Waals surface area contributed by atoms with Crippen molar-refractivity contribution in [3.05, 3.63) is 65.2 Å². The van der Waals surface area contributed by atoms with Crippen LogP contribution in [0, 0.1) is 5.92 Å². The van der Waals surface area contributed by atoms with Crippen molar-refractivity contribution < 1.29 is 14.3 Å². The number of benzene rings is 2. The SMILES string of the molecule is CC[C@H](C(=O)NCC(C)C)N(Cc1ccccc1)C(=O)COc1cccc(Cl)c1. The Morgan fingerprint density at radius 2 is 1.83 bits per heavy atom. The molecule has 0 aromatic heterocycles. The van der Waals surface area contributed by atoms with Crippen LogP contribution >= 0.6 is 11.6 Å². The van der Waals surface area contributed by atoms with Gasteiger partial charge < -0.3 is 15.0 Å². The van der Waals surface area contributed by atoms with Crippen LogP contribution in [0.3, 0.4) is 0 Å². The van der Waals surface area contributed by atoms with E-state index in [1.165, 1.54) is 0 Å². The lowest BCUT2D eigenvalue weighted by Gasteiger charge is -2.30. The van der Waals surface area contributed by atoms with Gasteiger partial charge in [0.1, 0.15) is 11.8 Å². The summed E-state index contributed by atoms with van der Waals surface area (Å²) in [5.41, 5.74) is 0.957. The molecular weight excluding hydrogens is 388 g/mol. The second-order valence-corrected chi connectivity index (χ2v) is 7.75. The fourth-order valence-electron chi connectivity index (χ4n) is 2.91. The van der Waals surface area contributed by atoms with Crippen molar-refractivity contribution in [1.29, 1.82) is 0 Å². The summed E-state index contributed by atoms with van der Waals surface area (Å²) in [4.78, 5) is 27.4. The number of rotatable bonds is 10. The van der Waals surface area contributed by atoms with Crippen molar-refractivity contribution >= 4 is 23.4 Å². The predicted molar refractivity (Wildman–Crippen MR) is 116 cm³/mol. The first-order chi connectivity index (χ1) is 13.9. The number of hydrogen-bond acceptors (Lipinski definition) is 3. The van der Waals surface area contributed by atoms with Crippen molar-refractivity contribution in [3.63, 3.8) is 0 Å². The lowest BCUT2D eigenvalue weighted by atomic mass is 10.1. The number of halogens is 1. The van der Waals surface area contributed by atoms with Crippen LogP contribution in [0.15, 0.2) is 54.6 Å². The van der Waals surface area contributed by atoms with Crippen LogP contribution in [0.5, 0.6) is 5.75 Å². The van der Waals surface area contributed by atoms with Gasteiger partial charge in [0.05, 0.1) is 0 Å². The topological polar surface area (TPSA) is 58.6 Å². The number of carbonyl (C=O) groups excluding carboxylic acids is 2. The second kappa shape index (κ2) is 11.5. The molecular formula is C23H29ClN2O3. The van der Waals surface area contributed by atoms with E-state index in [1.807, 2.05) is 51.1 Å². The molecule has 156 valence electrons. The van der Waals surface area contributed by atoms with Crippen molar-refractivity contribution in [1.82, 2.24) is 10.2 Å². The van der Waals surface area contributed by atoms with Crippen LogP contribution in [-0.4, -0.2) is 35.9 Å². The molecule has 0 spiro atoms. The minimum atomic E-state index is -0.565. The normalized spacial score (nSPS) is 11.8. The molecule has 0 aliphatic heterocycles. The molecule has 0 unspecified atom stereocenters. The predicted octanol–water partition coefficient (Wildman–Crippen LogP) is 4.30. The summed E-state index contributed by atoms with van der Waals surface area (Å²) in [7, 11) is 0. The van der Waals surface area contributed by atoms with E-state index in [0.717, 1.165) is 5.56 Å². The first-order valence-corrected chi connectivity index (χ1v) is 10.3. The summed E-state index contributed by atoms with van der Waals surface area (Å²) in [6, 6.07) is 16.0. The van der Waals surface area contributed by atoms with Crippen LogP contribution in [0.2, 0.25) is 5.02 Å². The Hall–Kier alpha value is -2.53. The van der Waals surface area contributed by atoms with Crippen molar-refractivity contribution in [2.45, 2.75) is 39.8 Å². The maximum Gasteiger partial charge on any atom is 0.261 e. The lowest BCUT2D eigenvalue weighted by Crippen LogP contribution is -2.50. The molecule has 0 radical (unpaired) electrons. The maximum atomic E-state index is 13.0. The van der Waals surface area contributed by atoms with E-state index in [-0.39, 0.29) is 18.4 Å². The Morgan fingerprint density at radius 1 is 1.10 bits per heavy atom. The zero-order valence-electron chi connectivity index (χ0n) is 17.2. The van der Waals surface area contributed by atoms with E-state index >= 15 is 0 Å². The Labute approximate surface area is 178 Å². The zero-order valence-corrected chi connectivity index (χ0v) is 18.0. The molecule has 0 aliphatic carbocycles. The molecule has 1 atom stereocenters. The Balaban J connectivity index is 2.15. The second-order valence-electron chi connectivity index (χ2n) is 7.32. The molecule has 5 nitrogen and oxygen atoms in total. The Bertz CT molecular complexity index is 796. The molecule has 6 heteroatoms. The number of hydrogen-bond donors (Lipinski definition) is 1. The minimum absolute atomic E-state index is 0.145. The summed E-state index contributed by atoms with van der Waals surface area (Å²) in [6.45, 7) is 6.72. The fraction of sp³-hybridized carbons (Fsp3) is 0.391. The molecule has 0 aliphatic rings. The highest BCUT2D eigenvalue weighted by Gasteiger charge is 2.28. The van der Waals surface area contributed by atoms with Gasteiger partial charge in [-0.15, -0.1) is 0 Å². The van der Waals surface area contributed by atoms with E-state index in [0.29, 0.717) is 36.2 Å². The summed E-state index contributed by atoms with van der Waals surface area (Å²) in [6.07, 6.45) is 0.514. The smallest absolute Gasteiger partial charge is 0.261 e. The van der Waals surface area contributed by atoms with Crippen molar-refractivity contribution in [2.24, 2.45) is 5.92 Å². The fourth-order valence-corrected chi connectivity index (χ4v) is 3.09. The molecule has 0 fully saturated rings. The van der Waals surface area contributed by atoms with Gasteiger partial charge in [0.2, 0.25) is 5.91 Å². The van der Waals surface area contributed by atoms with E-state index < -0.39 is 6.04 Å². The third kappa shape index (κ3) is 7.42. The van der Waals surface area contributed by atoms with Crippen molar-refractivity contribution in [2.75, 3.05) is 13.2 Å². The average Bonchev–Trinajstić information content (AvgIpc) is 2.71. The van der Waals surface area contributed by atoms with Crippen LogP contribution in [0.1, 0.15) is 32.8 Å². The van der Waals surface area contributed by atoms with Gasteiger partial charge >= 0.3 is 0 Å². The van der Waals surface area contributed by atoms with E-state index in [4.69, 9.17) is 16.3 Å². The molecule has 0 saturated carbocycles. The third-order valence-electron chi connectivity index (χ3n) is 4.42. The third-order valence-corrected chi connectivity index (χ3v) is 4.66. The molecule has 1 N–H and O–H groups in total. The van der Waals surface area contributed by atoms with E-state index in [2.05, 4.69) is 5.32 Å². The number of nitrogens with one attached hydrogen (secondary N) is 1. The zero-order chi connectivity index (χ0) is 21.2. The molecule has 0 saturated heterocycles. The van der Waals surface area contributed by atoms with E-state index in [1.54, 1.807) is 29.2 Å². The summed E-state index contributed by atoms with van der Waals surface area (Å²) in [5, 5.41) is 3.48. The largest absolute Gasteiger partial charge is 0.484 e. The number of nitrogens with zero attached hydrogens (tertiary/aromatic N) is 1. The van der Waals surface area contributed by atoms with Crippen LogP contribution in [0.25, 0.3) is 0 Å². The number of carbonyl (C=O) groups is 2. The molecule has 0 bridgehead atoms. The summed E-state index contributed by atoms with van der Waals surface area (Å²) < 4.78 is 5.63.